The summed E-state index contributed by atoms with van der Waals surface area (Å²) >= 11 is 0. The molecule has 0 aromatic carbocycles. The van der Waals surface area contributed by atoms with E-state index < -0.39 is 0 Å². The Hall–Kier alpha value is -1.42. The summed E-state index contributed by atoms with van der Waals surface area (Å²) in [7, 11) is 0. The Bertz CT molecular complexity index is 524. The normalized spacial score (nSPS) is 31.6. The number of fused-ring (bicyclic) bond motifs is 2. The lowest BCUT2D eigenvalue weighted by Crippen LogP contribution is -2.50. The van der Waals surface area contributed by atoms with Crippen molar-refractivity contribution in [2.45, 2.75) is 32.2 Å². The Morgan fingerprint density at radius 3 is 2.64 bits per heavy atom. The van der Waals surface area contributed by atoms with Crippen LogP contribution in [0, 0.1) is 17.8 Å². The molecule has 0 spiro atoms. The lowest BCUT2D eigenvalue weighted by molar-refractivity contribution is -0.139. The quantitative estimate of drug-likeness (QED) is 0.858. The van der Waals surface area contributed by atoms with Gasteiger partial charge >= 0.3 is 0 Å². The number of nitrogens with zero attached hydrogens (tertiary/aromatic N) is 3. The summed E-state index contributed by atoms with van der Waals surface area (Å²) in [6.45, 7) is 4.63. The van der Waals surface area contributed by atoms with Gasteiger partial charge in [-0.1, -0.05) is 12.5 Å². The monoisotopic (exact) mass is 299 g/mol. The number of carbonyl (C=O) groups is 1. The zero-order valence-electron chi connectivity index (χ0n) is 13.2. The third-order valence-corrected chi connectivity index (χ3v) is 5.85. The van der Waals surface area contributed by atoms with Gasteiger partial charge < -0.3 is 4.90 Å². The van der Waals surface area contributed by atoms with Gasteiger partial charge in [0.05, 0.1) is 5.69 Å². The number of amides is 1. The maximum Gasteiger partial charge on any atom is 0.226 e. The lowest BCUT2D eigenvalue weighted by Gasteiger charge is -2.37. The lowest BCUT2D eigenvalue weighted by atomic mass is 9.87. The van der Waals surface area contributed by atoms with E-state index in [4.69, 9.17) is 0 Å². The summed E-state index contributed by atoms with van der Waals surface area (Å²) in [5.74, 6) is 2.35. The number of pyridine rings is 1. The van der Waals surface area contributed by atoms with Gasteiger partial charge in [-0.25, -0.2) is 0 Å². The highest BCUT2D eigenvalue weighted by Crippen LogP contribution is 2.48. The average molecular weight is 299 g/mol. The fraction of sp³-hybridized carbons (Fsp3) is 0.667. The molecule has 3 aliphatic rings. The molecule has 2 aliphatic carbocycles. The van der Waals surface area contributed by atoms with E-state index in [0.29, 0.717) is 17.7 Å². The minimum atomic E-state index is 0.348. The molecule has 4 heteroatoms. The Kier molecular flexibility index (Phi) is 3.87. The molecule has 118 valence electrons. The van der Waals surface area contributed by atoms with Crippen molar-refractivity contribution in [1.82, 2.24) is 14.8 Å². The first-order valence-corrected chi connectivity index (χ1v) is 8.70. The second-order valence-corrected chi connectivity index (χ2v) is 7.20. The molecule has 2 saturated carbocycles. The number of piperazine rings is 1. The van der Waals surface area contributed by atoms with Gasteiger partial charge in [0.25, 0.3) is 0 Å². The molecule has 4 rings (SSSR count). The van der Waals surface area contributed by atoms with Crippen molar-refractivity contribution in [3.05, 3.63) is 30.1 Å². The Balaban J connectivity index is 1.29. The highest BCUT2D eigenvalue weighted by Gasteiger charge is 2.44. The van der Waals surface area contributed by atoms with Crippen molar-refractivity contribution in [3.63, 3.8) is 0 Å². The maximum absolute atomic E-state index is 12.8. The number of hydrogen-bond acceptors (Lipinski definition) is 3. The number of rotatable bonds is 3. The minimum Gasteiger partial charge on any atom is -0.340 e. The van der Waals surface area contributed by atoms with Gasteiger partial charge in [-0.05, 0) is 43.2 Å². The fourth-order valence-corrected chi connectivity index (χ4v) is 4.63. The molecule has 0 radical (unpaired) electrons. The van der Waals surface area contributed by atoms with Gasteiger partial charge in [0, 0.05) is 44.8 Å². The molecule has 3 atom stereocenters. The van der Waals surface area contributed by atoms with Crippen LogP contribution < -0.4 is 0 Å². The molecular weight excluding hydrogens is 274 g/mol. The third-order valence-electron chi connectivity index (χ3n) is 5.85. The third kappa shape index (κ3) is 2.76. The van der Waals surface area contributed by atoms with Crippen LogP contribution >= 0.6 is 0 Å². The van der Waals surface area contributed by atoms with Crippen LogP contribution in [0.4, 0.5) is 0 Å². The number of aromatic nitrogens is 1. The smallest absolute Gasteiger partial charge is 0.226 e. The second kappa shape index (κ2) is 5.99. The molecule has 3 unspecified atom stereocenters. The van der Waals surface area contributed by atoms with Crippen LogP contribution in [-0.2, 0) is 11.3 Å². The summed E-state index contributed by atoms with van der Waals surface area (Å²) in [4.78, 5) is 21.7. The first kappa shape index (κ1) is 14.2. The molecule has 1 aliphatic heterocycles. The summed E-state index contributed by atoms with van der Waals surface area (Å²) in [5.41, 5.74) is 1.12. The Morgan fingerprint density at radius 2 is 2.00 bits per heavy atom. The maximum atomic E-state index is 12.8. The van der Waals surface area contributed by atoms with Crippen LogP contribution in [-0.4, -0.2) is 46.9 Å². The van der Waals surface area contributed by atoms with Crippen LogP contribution in [0.15, 0.2) is 24.4 Å². The molecule has 2 bridgehead atoms. The summed E-state index contributed by atoms with van der Waals surface area (Å²) in [6.07, 6.45) is 6.99. The summed E-state index contributed by atoms with van der Waals surface area (Å²) in [6, 6.07) is 6.07. The van der Waals surface area contributed by atoms with Crippen LogP contribution in [0.5, 0.6) is 0 Å². The van der Waals surface area contributed by atoms with Gasteiger partial charge in [-0.15, -0.1) is 0 Å². The van der Waals surface area contributed by atoms with Gasteiger partial charge in [0.1, 0.15) is 0 Å². The van der Waals surface area contributed by atoms with E-state index in [0.717, 1.165) is 50.8 Å². The van der Waals surface area contributed by atoms with E-state index in [1.807, 2.05) is 18.3 Å². The van der Waals surface area contributed by atoms with E-state index in [-0.39, 0.29) is 0 Å². The first-order chi connectivity index (χ1) is 10.8. The highest BCUT2D eigenvalue weighted by atomic mass is 16.2. The van der Waals surface area contributed by atoms with E-state index in [1.54, 1.807) is 0 Å². The van der Waals surface area contributed by atoms with Gasteiger partial charge in [0.15, 0.2) is 0 Å². The highest BCUT2D eigenvalue weighted by molar-refractivity contribution is 5.79. The van der Waals surface area contributed by atoms with Crippen LogP contribution in [0.3, 0.4) is 0 Å². The van der Waals surface area contributed by atoms with E-state index in [1.165, 1.54) is 19.3 Å². The molecule has 4 nitrogen and oxygen atoms in total. The zero-order chi connectivity index (χ0) is 14.9. The molecule has 1 aromatic rings. The molecule has 1 aromatic heterocycles. The molecule has 1 saturated heterocycles. The predicted octanol–water partition coefficient (Wildman–Crippen LogP) is 2.16. The average Bonchev–Trinajstić information content (AvgIpc) is 3.19. The van der Waals surface area contributed by atoms with Gasteiger partial charge in [0.2, 0.25) is 5.91 Å². The molecule has 22 heavy (non-hydrogen) atoms. The second-order valence-electron chi connectivity index (χ2n) is 7.20. The van der Waals surface area contributed by atoms with Crippen molar-refractivity contribution in [2.24, 2.45) is 17.8 Å². The minimum absolute atomic E-state index is 0.348. The SMILES string of the molecule is O=C(C1CC2CCC1C2)N1CCN(Cc2ccccn2)CC1. The summed E-state index contributed by atoms with van der Waals surface area (Å²) < 4.78 is 0. The van der Waals surface area contributed by atoms with Crippen molar-refractivity contribution in [3.8, 4) is 0 Å². The molecule has 2 heterocycles. The predicted molar refractivity (Wildman–Crippen MR) is 85.0 cm³/mol. The Morgan fingerprint density at radius 1 is 1.14 bits per heavy atom. The summed E-state index contributed by atoms with van der Waals surface area (Å²) in [5, 5.41) is 0. The largest absolute Gasteiger partial charge is 0.340 e. The molecule has 1 amide bonds. The van der Waals surface area contributed by atoms with Crippen molar-refractivity contribution >= 4 is 5.91 Å². The zero-order valence-corrected chi connectivity index (χ0v) is 13.2. The van der Waals surface area contributed by atoms with Crippen LogP contribution in [0.25, 0.3) is 0 Å². The fourth-order valence-electron chi connectivity index (χ4n) is 4.63. The van der Waals surface area contributed by atoms with Crippen LogP contribution in [0.1, 0.15) is 31.4 Å². The number of carbonyl (C=O) groups excluding carboxylic acids is 1. The topological polar surface area (TPSA) is 36.4 Å². The van der Waals surface area contributed by atoms with Crippen molar-refractivity contribution in [1.29, 1.82) is 0 Å². The van der Waals surface area contributed by atoms with E-state index in [2.05, 4.69) is 20.9 Å². The standard InChI is InChI=1S/C18H25N3O/c22-18(17-12-14-4-5-15(17)11-14)21-9-7-20(8-10-21)13-16-3-1-2-6-19-16/h1-3,6,14-15,17H,4-5,7-13H2. The Labute approximate surface area is 132 Å². The van der Waals surface area contributed by atoms with Crippen LogP contribution in [0.2, 0.25) is 0 Å². The van der Waals surface area contributed by atoms with Crippen molar-refractivity contribution < 1.29 is 4.79 Å². The van der Waals surface area contributed by atoms with Crippen molar-refractivity contribution in [2.75, 3.05) is 26.2 Å². The first-order valence-electron chi connectivity index (χ1n) is 8.70. The van der Waals surface area contributed by atoms with E-state index in [9.17, 15) is 4.79 Å². The van der Waals surface area contributed by atoms with E-state index >= 15 is 0 Å². The molecule has 3 fully saturated rings. The van der Waals surface area contributed by atoms with Gasteiger partial charge in [-0.2, -0.15) is 0 Å². The van der Waals surface area contributed by atoms with Gasteiger partial charge in [-0.3, -0.25) is 14.7 Å². The molecule has 0 N–H and O–H groups in total. The number of hydrogen-bond donors (Lipinski definition) is 0. The molecular formula is C18H25N3O.